The molecule has 1 N–H and O–H groups in total. The second-order valence-electron chi connectivity index (χ2n) is 7.05. The van der Waals surface area contributed by atoms with Crippen molar-refractivity contribution in [3.05, 3.63) is 106 Å². The monoisotopic (exact) mass is 446 g/mol. The van der Waals surface area contributed by atoms with Gasteiger partial charge in [0.05, 0.1) is 12.2 Å². The molecule has 0 aliphatic heterocycles. The Morgan fingerprint density at radius 1 is 1.00 bits per heavy atom. The zero-order chi connectivity index (χ0) is 20.1. The summed E-state index contributed by atoms with van der Waals surface area (Å²) >= 11 is 3.65. The molecule has 0 spiro atoms. The van der Waals surface area contributed by atoms with Crippen molar-refractivity contribution in [2.24, 2.45) is 0 Å². The lowest BCUT2D eigenvalue weighted by Gasteiger charge is -2.15. The number of nitrogens with zero attached hydrogens (tertiary/aromatic N) is 3. The zero-order valence-corrected chi connectivity index (χ0v) is 17.9. The molecule has 2 aromatic carbocycles. The SMILES string of the molecule is C[C@H](NCc1cn(Cc2ccccc2)nc1-c1cccnc1)c1ccccc1Br. The molecule has 0 amide bonds. The molecule has 1 atom stereocenters. The van der Waals surface area contributed by atoms with Crippen LogP contribution in [-0.4, -0.2) is 14.8 Å². The van der Waals surface area contributed by atoms with E-state index in [2.05, 4.69) is 87.9 Å². The Morgan fingerprint density at radius 3 is 2.55 bits per heavy atom. The molecule has 0 bridgehead atoms. The Morgan fingerprint density at radius 2 is 1.79 bits per heavy atom. The molecule has 0 saturated carbocycles. The fourth-order valence-corrected chi connectivity index (χ4v) is 4.02. The summed E-state index contributed by atoms with van der Waals surface area (Å²) in [6.45, 7) is 3.65. The highest BCUT2D eigenvalue weighted by molar-refractivity contribution is 9.10. The molecule has 0 aliphatic carbocycles. The van der Waals surface area contributed by atoms with Gasteiger partial charge in [-0.25, -0.2) is 0 Å². The van der Waals surface area contributed by atoms with Crippen LogP contribution in [0.25, 0.3) is 11.3 Å². The maximum Gasteiger partial charge on any atom is 0.0983 e. The highest BCUT2D eigenvalue weighted by Crippen LogP contribution is 2.25. The molecule has 2 heterocycles. The van der Waals surface area contributed by atoms with Crippen LogP contribution in [0.3, 0.4) is 0 Å². The average molecular weight is 447 g/mol. The van der Waals surface area contributed by atoms with Crippen LogP contribution in [0.4, 0.5) is 0 Å². The molecule has 2 aromatic heterocycles. The minimum Gasteiger partial charge on any atom is -0.306 e. The van der Waals surface area contributed by atoms with Crippen LogP contribution in [-0.2, 0) is 13.1 Å². The Balaban J connectivity index is 1.58. The van der Waals surface area contributed by atoms with Gasteiger partial charge in [0, 0.05) is 46.8 Å². The fourth-order valence-electron chi connectivity index (χ4n) is 3.39. The van der Waals surface area contributed by atoms with Gasteiger partial charge in [0.2, 0.25) is 0 Å². The molecule has 29 heavy (non-hydrogen) atoms. The third kappa shape index (κ3) is 4.81. The number of nitrogens with one attached hydrogen (secondary N) is 1. The van der Waals surface area contributed by atoms with E-state index in [0.717, 1.165) is 34.4 Å². The number of aromatic nitrogens is 3. The first-order chi connectivity index (χ1) is 14.2. The van der Waals surface area contributed by atoms with Gasteiger partial charge in [-0.2, -0.15) is 5.10 Å². The molecule has 0 aliphatic rings. The van der Waals surface area contributed by atoms with E-state index in [1.165, 1.54) is 11.1 Å². The van der Waals surface area contributed by atoms with E-state index in [0.29, 0.717) is 0 Å². The molecule has 0 unspecified atom stereocenters. The number of rotatable bonds is 7. The van der Waals surface area contributed by atoms with Crippen LogP contribution in [0.5, 0.6) is 0 Å². The summed E-state index contributed by atoms with van der Waals surface area (Å²) < 4.78 is 3.13. The molecule has 0 radical (unpaired) electrons. The molecule has 4 aromatic rings. The lowest BCUT2D eigenvalue weighted by molar-refractivity contribution is 0.572. The lowest BCUT2D eigenvalue weighted by atomic mass is 10.1. The Kier molecular flexibility index (Phi) is 6.17. The highest BCUT2D eigenvalue weighted by atomic mass is 79.9. The van der Waals surface area contributed by atoms with E-state index in [1.54, 1.807) is 6.20 Å². The number of halogens is 1. The molecule has 0 saturated heterocycles. The van der Waals surface area contributed by atoms with Crippen molar-refractivity contribution in [3.63, 3.8) is 0 Å². The van der Waals surface area contributed by atoms with Crippen LogP contribution in [0.1, 0.15) is 29.7 Å². The van der Waals surface area contributed by atoms with Gasteiger partial charge in [0.25, 0.3) is 0 Å². The molecule has 4 nitrogen and oxygen atoms in total. The van der Waals surface area contributed by atoms with Crippen molar-refractivity contribution in [1.29, 1.82) is 0 Å². The van der Waals surface area contributed by atoms with E-state index < -0.39 is 0 Å². The average Bonchev–Trinajstić information content (AvgIpc) is 3.16. The normalized spacial score (nSPS) is 12.1. The quantitative estimate of drug-likeness (QED) is 0.401. The van der Waals surface area contributed by atoms with Gasteiger partial charge in [-0.05, 0) is 36.2 Å². The van der Waals surface area contributed by atoms with Crippen LogP contribution in [0.2, 0.25) is 0 Å². The first-order valence-corrected chi connectivity index (χ1v) is 10.5. The van der Waals surface area contributed by atoms with Gasteiger partial charge >= 0.3 is 0 Å². The van der Waals surface area contributed by atoms with E-state index >= 15 is 0 Å². The predicted octanol–water partition coefficient (Wildman–Crippen LogP) is 5.61. The Bertz CT molecular complexity index is 1060. The van der Waals surface area contributed by atoms with E-state index in [-0.39, 0.29) is 6.04 Å². The maximum atomic E-state index is 4.87. The van der Waals surface area contributed by atoms with Crippen molar-refractivity contribution in [3.8, 4) is 11.3 Å². The Labute approximate surface area is 179 Å². The van der Waals surface area contributed by atoms with Gasteiger partial charge in [-0.15, -0.1) is 0 Å². The molecule has 5 heteroatoms. The predicted molar refractivity (Wildman–Crippen MR) is 120 cm³/mol. The fraction of sp³-hybridized carbons (Fsp3) is 0.167. The van der Waals surface area contributed by atoms with Crippen molar-refractivity contribution < 1.29 is 0 Å². The van der Waals surface area contributed by atoms with Crippen molar-refractivity contribution in [1.82, 2.24) is 20.1 Å². The van der Waals surface area contributed by atoms with Crippen molar-refractivity contribution >= 4 is 15.9 Å². The topological polar surface area (TPSA) is 42.7 Å². The molecule has 0 fully saturated rings. The van der Waals surface area contributed by atoms with E-state index in [9.17, 15) is 0 Å². The minimum atomic E-state index is 0.213. The lowest BCUT2D eigenvalue weighted by Crippen LogP contribution is -2.18. The summed E-state index contributed by atoms with van der Waals surface area (Å²) in [6.07, 6.45) is 5.79. The smallest absolute Gasteiger partial charge is 0.0983 e. The largest absolute Gasteiger partial charge is 0.306 e. The summed E-state index contributed by atoms with van der Waals surface area (Å²) in [7, 11) is 0. The molecule has 146 valence electrons. The van der Waals surface area contributed by atoms with Gasteiger partial charge in [0.1, 0.15) is 0 Å². The third-order valence-electron chi connectivity index (χ3n) is 4.93. The van der Waals surface area contributed by atoms with Gasteiger partial charge in [-0.3, -0.25) is 9.67 Å². The van der Waals surface area contributed by atoms with Crippen LogP contribution in [0, 0.1) is 0 Å². The van der Waals surface area contributed by atoms with Crippen molar-refractivity contribution in [2.45, 2.75) is 26.1 Å². The van der Waals surface area contributed by atoms with E-state index in [1.807, 2.05) is 29.1 Å². The van der Waals surface area contributed by atoms with Gasteiger partial charge in [0.15, 0.2) is 0 Å². The first-order valence-electron chi connectivity index (χ1n) is 9.69. The summed E-state index contributed by atoms with van der Waals surface area (Å²) in [4.78, 5) is 4.27. The van der Waals surface area contributed by atoms with E-state index in [4.69, 9.17) is 5.10 Å². The van der Waals surface area contributed by atoms with Gasteiger partial charge in [-0.1, -0.05) is 64.5 Å². The van der Waals surface area contributed by atoms with Gasteiger partial charge < -0.3 is 5.32 Å². The second-order valence-corrected chi connectivity index (χ2v) is 7.91. The molecular formula is C24H23BrN4. The first kappa shape index (κ1) is 19.6. The Hall–Kier alpha value is -2.76. The minimum absolute atomic E-state index is 0.213. The highest BCUT2D eigenvalue weighted by Gasteiger charge is 2.14. The maximum absolute atomic E-state index is 4.87. The number of hydrogen-bond acceptors (Lipinski definition) is 3. The van der Waals surface area contributed by atoms with Crippen LogP contribution >= 0.6 is 15.9 Å². The number of pyridine rings is 1. The van der Waals surface area contributed by atoms with Crippen molar-refractivity contribution in [2.75, 3.05) is 0 Å². The summed E-state index contributed by atoms with van der Waals surface area (Å²) in [5, 5.41) is 8.51. The molecule has 4 rings (SSSR count). The summed E-state index contributed by atoms with van der Waals surface area (Å²) in [5.74, 6) is 0. The standard InChI is InChI=1S/C24H23BrN4/c1-18(22-11-5-6-12-23(22)25)27-15-21-17-29(16-19-8-3-2-4-9-19)28-24(21)20-10-7-13-26-14-20/h2-14,17-18,27H,15-16H2,1H3/t18-/m0/s1. The van der Waals surface area contributed by atoms with Crippen LogP contribution < -0.4 is 5.32 Å². The third-order valence-corrected chi connectivity index (χ3v) is 5.65. The molecular weight excluding hydrogens is 424 g/mol. The van der Waals surface area contributed by atoms with Crippen LogP contribution in [0.15, 0.2) is 89.8 Å². The summed E-state index contributed by atoms with van der Waals surface area (Å²) in [6, 6.07) is 22.9. The second kappa shape index (κ2) is 9.16. The number of benzene rings is 2. The zero-order valence-electron chi connectivity index (χ0n) is 16.3. The number of hydrogen-bond donors (Lipinski definition) is 1. The summed E-state index contributed by atoms with van der Waals surface area (Å²) in [5.41, 5.74) is 5.64.